The molecule has 0 unspecified atom stereocenters. The van der Waals surface area contributed by atoms with Crippen LogP contribution in [0.2, 0.25) is 0 Å². The van der Waals surface area contributed by atoms with Gasteiger partial charge in [-0.1, -0.05) is 5.92 Å². The van der Waals surface area contributed by atoms with E-state index in [9.17, 15) is 0 Å². The number of hydrogen-bond donors (Lipinski definition) is 0. The maximum absolute atomic E-state index is 3.32. The van der Waals surface area contributed by atoms with Crippen LogP contribution in [0, 0.1) is 658 Å². The molecule has 0 radical (unpaired) electrons. The van der Waals surface area contributed by atoms with Crippen molar-refractivity contribution in [3.8, 4) is 651 Å². The molecule has 0 aliphatic rings. The zero-order valence-electron chi connectivity index (χ0n) is 56.7. The maximum Gasteiger partial charge on any atom is 0 e. The van der Waals surface area contributed by atoms with Gasteiger partial charge in [-0.15, -0.1) is 5.92 Å². The average Bonchev–Trinajstić information content (AvgIpc) is 3.05. The van der Waals surface area contributed by atoms with Gasteiger partial charge in [-0.3, -0.25) is 5.92 Å². The Morgan fingerprint density at radius 3 is 0.161 bits per heavy atom. The molecule has 0 amide bonds. The van der Waals surface area contributed by atoms with Crippen molar-refractivity contribution in [1.82, 2.24) is 0 Å². The van der Waals surface area contributed by atoms with E-state index < -0.39 is 0 Å². The minimum absolute atomic E-state index is 1.68. The van der Waals surface area contributed by atoms with Gasteiger partial charge in [0.15, 0.2) is 0 Å². The van der Waals surface area contributed by atoms with Crippen LogP contribution < -0.4 is 0 Å². The van der Waals surface area contributed by atoms with Gasteiger partial charge >= 0.3 is 0 Å². The van der Waals surface area contributed by atoms with Crippen molar-refractivity contribution in [3.05, 3.63) is 6.92 Å². The Bertz CT molecular complexity index is 7450. The Morgan fingerprint density at radius 1 is 0.0714 bits per heavy atom. The average molecular weight is 1350 g/mol. The quantitative estimate of drug-likeness (QED) is 0.252. The largest absolute Gasteiger partial charge is 0.284 e. The number of hydrogen-bond acceptors (Lipinski definition) is 0. The lowest BCUT2D eigenvalue weighted by Crippen LogP contribution is -1.57. The summed E-state index contributed by atoms with van der Waals surface area (Å²) in [4.78, 5) is 0. The summed E-state index contributed by atoms with van der Waals surface area (Å²) in [6, 6.07) is 0. The van der Waals surface area contributed by atoms with Gasteiger partial charge in [0, 0.05) is 533 Å². The van der Waals surface area contributed by atoms with Gasteiger partial charge in [0.05, 0.1) is 0 Å². The van der Waals surface area contributed by atoms with Crippen molar-refractivity contribution in [2.24, 2.45) is 0 Å². The van der Waals surface area contributed by atoms with Crippen LogP contribution in [0.1, 0.15) is 6.92 Å². The molecule has 0 rings (SSSR count). The molecule has 0 bridgehead atoms. The van der Waals surface area contributed by atoms with Gasteiger partial charge in [0.2, 0.25) is 0 Å². The third-order valence-electron chi connectivity index (χ3n) is 6.90. The van der Waals surface area contributed by atoms with E-state index in [1.165, 1.54) is 0 Å². The molecule has 0 aromatic heterocycles. The number of rotatable bonds is 0. The first-order valence-electron chi connectivity index (χ1n) is 28.1. The third-order valence-corrected chi connectivity index (χ3v) is 6.90. The fourth-order valence-corrected chi connectivity index (χ4v) is 3.42. The van der Waals surface area contributed by atoms with Gasteiger partial charge in [-0.2, -0.15) is 6.92 Å². The van der Waals surface area contributed by atoms with Crippen molar-refractivity contribution in [1.29, 1.82) is 0 Å². The monoisotopic (exact) mass is 1350 g/mol. The summed E-state index contributed by atoms with van der Waals surface area (Å²) in [5, 5.41) is 0. The maximum atomic E-state index is 3.32. The van der Waals surface area contributed by atoms with Gasteiger partial charge in [-0.05, 0) is 102 Å². The van der Waals surface area contributed by atoms with Gasteiger partial charge < -0.3 is 0 Å². The van der Waals surface area contributed by atoms with E-state index in [2.05, 4.69) is 658 Å². The predicted molar refractivity (Wildman–Crippen MR) is 439 cm³/mol. The van der Waals surface area contributed by atoms with Gasteiger partial charge in [-0.25, -0.2) is 5.92 Å². The third kappa shape index (κ3) is 85.7. The van der Waals surface area contributed by atoms with Crippen molar-refractivity contribution in [2.75, 3.05) is 0 Å². The Labute approximate surface area is 660 Å². The summed E-state index contributed by atoms with van der Waals surface area (Å²) < 4.78 is 0. The molecule has 0 saturated heterocycles. The second kappa shape index (κ2) is 86.7. The minimum Gasteiger partial charge on any atom is -0.284 e. The summed E-state index contributed by atoms with van der Waals surface area (Å²) in [5.41, 5.74) is 0. The van der Waals surface area contributed by atoms with Crippen LogP contribution in [0.25, 0.3) is 0 Å². The molecule has 0 aromatic carbocycles. The summed E-state index contributed by atoms with van der Waals surface area (Å²) >= 11 is 0. The molecule has 0 spiro atoms. The molecular weight excluding hydrogens is 1350 g/mol. The second-order valence-corrected chi connectivity index (χ2v) is 13.9. The van der Waals surface area contributed by atoms with Crippen LogP contribution in [-0.4, -0.2) is 0 Å². The van der Waals surface area contributed by atoms with E-state index >= 15 is 0 Å². The van der Waals surface area contributed by atoms with E-state index in [1.807, 2.05) is 0 Å². The van der Waals surface area contributed by atoms with E-state index in [1.54, 1.807) is 6.92 Å². The van der Waals surface area contributed by atoms with Crippen molar-refractivity contribution in [2.45, 2.75) is 6.92 Å². The normalized spacial score (nSPS) is 3.97. The second-order valence-electron chi connectivity index (χ2n) is 13.9. The lowest BCUT2D eigenvalue weighted by Gasteiger charge is -1.64. The first-order valence-corrected chi connectivity index (χ1v) is 28.1. The molecule has 0 saturated carbocycles. The first kappa shape index (κ1) is 87.7. The van der Waals surface area contributed by atoms with Crippen LogP contribution in [-0.2, 0) is 0 Å². The Balaban J connectivity index is 4.64. The summed E-state index contributed by atoms with van der Waals surface area (Å²) in [6.45, 7) is 5.00. The highest BCUT2D eigenvalue weighted by Crippen LogP contribution is 1.68. The van der Waals surface area contributed by atoms with E-state index in [-0.39, 0.29) is 0 Å². The zero-order valence-corrected chi connectivity index (χ0v) is 56.7. The predicted octanol–water partition coefficient (Wildman–Crippen LogP) is 1.03. The van der Waals surface area contributed by atoms with Crippen LogP contribution in [0.15, 0.2) is 0 Å². The smallest absolute Gasteiger partial charge is 0 e. The molecule has 0 aliphatic heterocycles. The highest BCUT2D eigenvalue weighted by atomic mass is 13.7. The topological polar surface area (TPSA) is 0 Å². The molecule has 112 heavy (non-hydrogen) atoms. The fourth-order valence-electron chi connectivity index (χ4n) is 3.42. The summed E-state index contributed by atoms with van der Waals surface area (Å²) in [6.07, 6.45) is 0. The highest BCUT2D eigenvalue weighted by Gasteiger charge is 1.68. The molecular formula is C112H5-. The Morgan fingerprint density at radius 2 is 0.116 bits per heavy atom. The van der Waals surface area contributed by atoms with Gasteiger partial charge in [0.25, 0.3) is 0 Å². The molecule has 0 heterocycles. The fraction of sp³-hybridized carbons (Fsp3) is 0.00893. The van der Waals surface area contributed by atoms with E-state index in [0.717, 1.165) is 0 Å². The van der Waals surface area contributed by atoms with Crippen LogP contribution in [0.3, 0.4) is 0 Å². The van der Waals surface area contributed by atoms with E-state index in [4.69, 9.17) is 0 Å². The van der Waals surface area contributed by atoms with E-state index in [0.29, 0.717) is 0 Å². The Kier molecular flexibility index (Phi) is 67.8. The Hall–Kier alpha value is -24.3. The summed E-state index contributed by atoms with van der Waals surface area (Å²) in [5.74, 6) is 275. The van der Waals surface area contributed by atoms with Crippen LogP contribution >= 0.6 is 0 Å². The van der Waals surface area contributed by atoms with Crippen LogP contribution in [0.5, 0.6) is 0 Å². The lowest BCUT2D eigenvalue weighted by atomic mass is 10.4. The molecule has 0 nitrogen and oxygen atoms in total. The minimum atomic E-state index is 1.68. The standard InChI is InChI=1S/C112H5/c1-3-5-7-9-11-13-15-17-19-21-23-25-27-29-31-33-35-37-39-41-43-45-47-49-51-53-55-57-59-61-63-65-67-69-71-73-75-77-79-81-83-85-87-89-91-93-95-97-99-101-103-105-107-109-111-112-110-108-106-104-102-100-98-96-94-92-90-88-86-84-82-80-78-76-74-72-70-68-66-64-62-60-58-56-54-52-50-48-46-44-42-40-38-36-34-32-30-28-26-24-22-20-18-16-14-12-10-8-6-4-2/h1H2,2H3/q-1. The van der Waals surface area contributed by atoms with Gasteiger partial charge in [0.1, 0.15) is 0 Å². The SMILES string of the molecule is [CH2-]C#CC#CC#CC#CC#CC#CC#CC#CC#CC#CC#CC#CC#CC#CC#CC#CC#CC#CC#CC#CC#CC#CC#CC#CC#CC#CC#CC#CC#CC#CC#CC#CC#CC#CC#CC#CC#CC#CC#CC#CC#CC#CC#CC#CC#CC#CC#CC#CC#CC#CC#CC#CC#CC#CC#CC. The molecule has 0 aliphatic carbocycles. The summed E-state index contributed by atoms with van der Waals surface area (Å²) in [7, 11) is 0. The molecule has 0 N–H and O–H groups in total. The van der Waals surface area contributed by atoms with Crippen molar-refractivity contribution in [3.63, 3.8) is 0 Å². The first-order chi connectivity index (χ1) is 55.9. The molecule has 454 valence electrons. The van der Waals surface area contributed by atoms with Crippen molar-refractivity contribution >= 4 is 0 Å². The zero-order chi connectivity index (χ0) is 79.8. The highest BCUT2D eigenvalue weighted by molar-refractivity contribution is 5.57. The molecule has 0 atom stereocenters. The molecule has 0 aromatic rings. The van der Waals surface area contributed by atoms with Crippen LogP contribution in [0.4, 0.5) is 0 Å². The lowest BCUT2D eigenvalue weighted by molar-refractivity contribution is 1.92. The molecule has 0 fully saturated rings. The van der Waals surface area contributed by atoms with Crippen molar-refractivity contribution < 1.29 is 0 Å². The molecule has 0 heteroatoms.